The molecule has 2 rings (SSSR count). The number of ether oxygens (including phenoxy) is 1. The monoisotopic (exact) mass is 292 g/mol. The highest BCUT2D eigenvalue weighted by molar-refractivity contribution is 5.41. The predicted molar refractivity (Wildman–Crippen MR) is 77.5 cm³/mol. The summed E-state index contributed by atoms with van der Waals surface area (Å²) in [5, 5.41) is 0. The van der Waals surface area contributed by atoms with Crippen molar-refractivity contribution in [3.8, 4) is 5.82 Å². The summed E-state index contributed by atoms with van der Waals surface area (Å²) in [5.74, 6) is -0.182. The number of hydrogen-bond acceptors (Lipinski definition) is 5. The summed E-state index contributed by atoms with van der Waals surface area (Å²) in [7, 11) is 0. The molecule has 1 atom stereocenters. The zero-order valence-corrected chi connectivity index (χ0v) is 11.6. The molecule has 21 heavy (non-hydrogen) atoms. The van der Waals surface area contributed by atoms with Crippen LogP contribution in [0.1, 0.15) is 12.5 Å². The van der Waals surface area contributed by atoms with Gasteiger partial charge in [-0.3, -0.25) is 9.36 Å². The highest BCUT2D eigenvalue weighted by atomic mass is 19.1. The van der Waals surface area contributed by atoms with Crippen LogP contribution in [0.3, 0.4) is 0 Å². The van der Waals surface area contributed by atoms with Gasteiger partial charge in [0.15, 0.2) is 0 Å². The van der Waals surface area contributed by atoms with E-state index in [1.165, 1.54) is 16.7 Å². The second-order valence-electron chi connectivity index (χ2n) is 4.81. The first-order valence-corrected chi connectivity index (χ1v) is 6.43. The van der Waals surface area contributed by atoms with Crippen molar-refractivity contribution in [2.24, 2.45) is 5.73 Å². The minimum Gasteiger partial charge on any atom is -0.394 e. The van der Waals surface area contributed by atoms with E-state index in [9.17, 15) is 9.18 Å². The van der Waals surface area contributed by atoms with E-state index in [2.05, 4.69) is 4.98 Å². The van der Waals surface area contributed by atoms with E-state index in [1.54, 1.807) is 12.3 Å². The fourth-order valence-electron chi connectivity index (χ4n) is 1.78. The van der Waals surface area contributed by atoms with Gasteiger partial charge in [0.2, 0.25) is 0 Å². The number of pyridine rings is 2. The molecule has 6 nitrogen and oxygen atoms in total. The fourth-order valence-corrected chi connectivity index (χ4v) is 1.78. The summed E-state index contributed by atoms with van der Waals surface area (Å²) in [6.07, 6.45) is 2.61. The number of nitrogens with two attached hydrogens (primary N) is 2. The third kappa shape index (κ3) is 3.87. The second-order valence-corrected chi connectivity index (χ2v) is 4.81. The van der Waals surface area contributed by atoms with E-state index in [0.717, 1.165) is 6.20 Å². The van der Waals surface area contributed by atoms with Crippen LogP contribution >= 0.6 is 0 Å². The van der Waals surface area contributed by atoms with Crippen LogP contribution in [0.2, 0.25) is 0 Å². The number of aromatic nitrogens is 2. The summed E-state index contributed by atoms with van der Waals surface area (Å²) in [6, 6.07) is 4.10. The average Bonchev–Trinajstić information content (AvgIpc) is 2.43. The molecule has 0 aliphatic carbocycles. The van der Waals surface area contributed by atoms with Gasteiger partial charge in [-0.05, 0) is 30.7 Å². The Balaban J connectivity index is 2.30. The van der Waals surface area contributed by atoms with Crippen molar-refractivity contribution >= 4 is 5.69 Å². The molecule has 0 radical (unpaired) electrons. The maximum absolute atomic E-state index is 12.9. The number of halogens is 1. The first-order chi connectivity index (χ1) is 9.97. The van der Waals surface area contributed by atoms with Crippen molar-refractivity contribution in [2.45, 2.75) is 19.6 Å². The molecule has 0 saturated heterocycles. The average molecular weight is 292 g/mol. The van der Waals surface area contributed by atoms with Crippen LogP contribution in [-0.4, -0.2) is 22.2 Å². The molecular weight excluding hydrogens is 275 g/mol. The lowest BCUT2D eigenvalue weighted by Gasteiger charge is -2.11. The molecule has 0 amide bonds. The number of nitrogen functional groups attached to an aromatic ring is 1. The van der Waals surface area contributed by atoms with Crippen molar-refractivity contribution in [1.29, 1.82) is 0 Å². The van der Waals surface area contributed by atoms with Gasteiger partial charge in [0.1, 0.15) is 11.6 Å². The number of anilines is 1. The van der Waals surface area contributed by atoms with E-state index in [0.29, 0.717) is 18.0 Å². The van der Waals surface area contributed by atoms with E-state index in [4.69, 9.17) is 16.2 Å². The van der Waals surface area contributed by atoms with Crippen molar-refractivity contribution in [2.75, 3.05) is 12.3 Å². The standard InChI is InChI=1S/C14H17FN4O2/c1-9(16)7-21-8-10-4-12(17)14(20)19(6-10)13-3-2-11(15)5-18-13/h2-6,9H,7-8,16-17H2,1H3/t9-/m1/s1. The highest BCUT2D eigenvalue weighted by Crippen LogP contribution is 2.09. The van der Waals surface area contributed by atoms with Crippen molar-refractivity contribution in [3.05, 3.63) is 52.3 Å². The van der Waals surface area contributed by atoms with Crippen molar-refractivity contribution in [3.63, 3.8) is 0 Å². The molecule has 2 aromatic heterocycles. The number of rotatable bonds is 5. The van der Waals surface area contributed by atoms with Gasteiger partial charge in [-0.2, -0.15) is 0 Å². The van der Waals surface area contributed by atoms with Crippen LogP contribution in [0.4, 0.5) is 10.1 Å². The SMILES string of the molecule is C[C@@H](N)COCc1cc(N)c(=O)n(-c2ccc(F)cn2)c1. The maximum Gasteiger partial charge on any atom is 0.279 e. The lowest BCUT2D eigenvalue weighted by Crippen LogP contribution is -2.24. The highest BCUT2D eigenvalue weighted by Gasteiger charge is 2.08. The molecule has 0 saturated carbocycles. The van der Waals surface area contributed by atoms with Crippen LogP contribution in [0, 0.1) is 5.82 Å². The molecule has 0 bridgehead atoms. The molecule has 2 heterocycles. The van der Waals surface area contributed by atoms with E-state index in [-0.39, 0.29) is 18.3 Å². The predicted octanol–water partition coefficient (Wildman–Crippen LogP) is 0.818. The summed E-state index contributed by atoms with van der Waals surface area (Å²) < 4.78 is 19.6. The summed E-state index contributed by atoms with van der Waals surface area (Å²) in [5.41, 5.74) is 11.7. The van der Waals surface area contributed by atoms with Crippen LogP contribution in [0.5, 0.6) is 0 Å². The minimum absolute atomic E-state index is 0.0722. The first kappa shape index (κ1) is 15.1. The van der Waals surface area contributed by atoms with Gasteiger partial charge in [-0.25, -0.2) is 9.37 Å². The minimum atomic E-state index is -0.476. The normalized spacial score (nSPS) is 12.3. The molecule has 112 valence electrons. The Bertz CT molecular complexity index is 668. The molecule has 0 aromatic carbocycles. The number of hydrogen-bond donors (Lipinski definition) is 2. The molecule has 7 heteroatoms. The van der Waals surface area contributed by atoms with E-state index in [1.807, 2.05) is 6.92 Å². The Kier molecular flexibility index (Phi) is 4.66. The second kappa shape index (κ2) is 6.47. The van der Waals surface area contributed by atoms with Gasteiger partial charge in [-0.1, -0.05) is 0 Å². The first-order valence-electron chi connectivity index (χ1n) is 6.43. The van der Waals surface area contributed by atoms with Crippen LogP contribution < -0.4 is 17.0 Å². The van der Waals surface area contributed by atoms with E-state index < -0.39 is 11.4 Å². The zero-order valence-electron chi connectivity index (χ0n) is 11.6. The Morgan fingerprint density at radius 3 is 2.86 bits per heavy atom. The van der Waals surface area contributed by atoms with Gasteiger partial charge >= 0.3 is 0 Å². The molecule has 0 unspecified atom stereocenters. The Labute approximate surface area is 121 Å². The molecule has 4 N–H and O–H groups in total. The van der Waals surface area contributed by atoms with Crippen molar-refractivity contribution in [1.82, 2.24) is 9.55 Å². The summed E-state index contributed by atoms with van der Waals surface area (Å²) in [6.45, 7) is 2.50. The van der Waals surface area contributed by atoms with Crippen molar-refractivity contribution < 1.29 is 9.13 Å². The number of nitrogens with zero attached hydrogens (tertiary/aromatic N) is 2. The quantitative estimate of drug-likeness (QED) is 0.850. The summed E-state index contributed by atoms with van der Waals surface area (Å²) >= 11 is 0. The third-order valence-electron chi connectivity index (χ3n) is 2.71. The molecule has 0 aliphatic heterocycles. The van der Waals surface area contributed by atoms with Gasteiger partial charge < -0.3 is 16.2 Å². The Morgan fingerprint density at radius 2 is 2.24 bits per heavy atom. The van der Waals surface area contributed by atoms with Gasteiger partial charge in [-0.15, -0.1) is 0 Å². The molecule has 2 aromatic rings. The topological polar surface area (TPSA) is 96.2 Å². The fraction of sp³-hybridized carbons (Fsp3) is 0.286. The zero-order chi connectivity index (χ0) is 15.4. The maximum atomic E-state index is 12.9. The molecule has 0 aliphatic rings. The van der Waals surface area contributed by atoms with Gasteiger partial charge in [0.25, 0.3) is 5.56 Å². The smallest absolute Gasteiger partial charge is 0.279 e. The van der Waals surface area contributed by atoms with Gasteiger partial charge in [0, 0.05) is 12.2 Å². The Hall–Kier alpha value is -2.25. The lowest BCUT2D eigenvalue weighted by atomic mass is 10.2. The molecular formula is C14H17FN4O2. The Morgan fingerprint density at radius 1 is 1.48 bits per heavy atom. The van der Waals surface area contributed by atoms with Crippen LogP contribution in [-0.2, 0) is 11.3 Å². The lowest BCUT2D eigenvalue weighted by molar-refractivity contribution is 0.111. The third-order valence-corrected chi connectivity index (χ3v) is 2.71. The van der Waals surface area contributed by atoms with Crippen LogP contribution in [0.25, 0.3) is 5.82 Å². The molecule has 0 spiro atoms. The molecule has 0 fully saturated rings. The summed E-state index contributed by atoms with van der Waals surface area (Å²) in [4.78, 5) is 15.9. The van der Waals surface area contributed by atoms with Gasteiger partial charge in [0.05, 0.1) is 25.1 Å². The van der Waals surface area contributed by atoms with E-state index >= 15 is 0 Å². The largest absolute Gasteiger partial charge is 0.394 e. The van der Waals surface area contributed by atoms with Crippen LogP contribution in [0.15, 0.2) is 35.4 Å².